The van der Waals surface area contributed by atoms with Gasteiger partial charge in [-0.3, -0.25) is 4.68 Å². The van der Waals surface area contributed by atoms with Crippen molar-refractivity contribution in [2.45, 2.75) is 44.8 Å². The normalized spacial score (nSPS) is 19.2. The van der Waals surface area contributed by atoms with Crippen molar-refractivity contribution in [1.29, 1.82) is 0 Å². The molecule has 112 valence electrons. The maximum Gasteiger partial charge on any atom is 0.137 e. The van der Waals surface area contributed by atoms with Gasteiger partial charge in [-0.25, -0.2) is 4.98 Å². The van der Waals surface area contributed by atoms with Crippen LogP contribution in [0.25, 0.3) is 0 Å². The molecule has 1 atom stereocenters. The molecule has 1 fully saturated rings. The Bertz CT molecular complexity index is 592. The molecule has 21 heavy (non-hydrogen) atoms. The predicted octanol–water partition coefficient (Wildman–Crippen LogP) is 3.20. The van der Waals surface area contributed by atoms with Crippen LogP contribution in [0.15, 0.2) is 41.4 Å². The van der Waals surface area contributed by atoms with Crippen LogP contribution < -0.4 is 0 Å². The lowest BCUT2D eigenvalue weighted by molar-refractivity contribution is -0.0500. The van der Waals surface area contributed by atoms with E-state index in [4.69, 9.17) is 0 Å². The summed E-state index contributed by atoms with van der Waals surface area (Å²) in [5.74, 6) is 0. The zero-order valence-corrected chi connectivity index (χ0v) is 13.8. The number of rotatable bonds is 6. The van der Waals surface area contributed by atoms with Crippen molar-refractivity contribution in [3.63, 3.8) is 0 Å². The van der Waals surface area contributed by atoms with Crippen LogP contribution in [0, 0.1) is 5.41 Å². The van der Waals surface area contributed by atoms with Crippen molar-refractivity contribution < 1.29 is 5.11 Å². The van der Waals surface area contributed by atoms with Crippen molar-refractivity contribution in [3.8, 4) is 0 Å². The highest BCUT2D eigenvalue weighted by Crippen LogP contribution is 2.55. The molecule has 3 rings (SSSR count). The van der Waals surface area contributed by atoms with Gasteiger partial charge in [-0.2, -0.15) is 5.10 Å². The number of halogens is 1. The van der Waals surface area contributed by atoms with Gasteiger partial charge >= 0.3 is 0 Å². The first-order valence-electron chi connectivity index (χ1n) is 7.30. The lowest BCUT2D eigenvalue weighted by atomic mass is 9.81. The van der Waals surface area contributed by atoms with E-state index in [9.17, 15) is 5.11 Å². The highest BCUT2D eigenvalue weighted by Gasteiger charge is 2.54. The van der Waals surface area contributed by atoms with Gasteiger partial charge in [0.25, 0.3) is 0 Å². The minimum absolute atomic E-state index is 0.00825. The van der Waals surface area contributed by atoms with Gasteiger partial charge in [0.2, 0.25) is 0 Å². The number of benzene rings is 1. The third-order valence-corrected chi connectivity index (χ3v) is 5.28. The lowest BCUT2D eigenvalue weighted by Gasteiger charge is -2.34. The van der Waals surface area contributed by atoms with Gasteiger partial charge in [0.05, 0.1) is 12.1 Å². The SMILES string of the molecule is CC1(C(O)(CCc2ccc(Br)cc2)Cn2cncn2)CC1. The standard InChI is InChI=1S/C16H20BrN3O/c1-15(8-9-15)16(21,10-20-12-18-11-19-20)7-6-13-2-4-14(17)5-3-13/h2-5,11-12,21H,6-10H2,1H3. The number of hydrogen-bond acceptors (Lipinski definition) is 3. The lowest BCUT2D eigenvalue weighted by Crippen LogP contribution is -2.43. The molecule has 0 radical (unpaired) electrons. The number of aryl methyl sites for hydroxylation is 1. The van der Waals surface area contributed by atoms with Crippen molar-refractivity contribution in [2.75, 3.05) is 0 Å². The summed E-state index contributed by atoms with van der Waals surface area (Å²) >= 11 is 3.45. The summed E-state index contributed by atoms with van der Waals surface area (Å²) in [7, 11) is 0. The van der Waals surface area contributed by atoms with Crippen LogP contribution in [0.3, 0.4) is 0 Å². The number of aromatic nitrogens is 3. The summed E-state index contributed by atoms with van der Waals surface area (Å²) in [5.41, 5.74) is 0.529. The van der Waals surface area contributed by atoms with Gasteiger partial charge in [-0.15, -0.1) is 0 Å². The summed E-state index contributed by atoms with van der Waals surface area (Å²) in [6.45, 7) is 2.69. The molecular formula is C16H20BrN3O. The Morgan fingerprint density at radius 1 is 1.33 bits per heavy atom. The molecule has 0 bridgehead atoms. The molecule has 5 heteroatoms. The van der Waals surface area contributed by atoms with E-state index in [1.807, 2.05) is 12.1 Å². The van der Waals surface area contributed by atoms with Gasteiger partial charge in [0, 0.05) is 4.47 Å². The highest BCUT2D eigenvalue weighted by atomic mass is 79.9. The third kappa shape index (κ3) is 3.19. The summed E-state index contributed by atoms with van der Waals surface area (Å²) in [6.07, 6.45) is 6.97. The Balaban J connectivity index is 1.72. The zero-order chi connectivity index (χ0) is 14.9. The van der Waals surface area contributed by atoms with Crippen LogP contribution in [-0.2, 0) is 13.0 Å². The molecule has 1 heterocycles. The van der Waals surface area contributed by atoms with Crippen molar-refractivity contribution in [3.05, 3.63) is 47.0 Å². The Hall–Kier alpha value is -1.20. The van der Waals surface area contributed by atoms with E-state index in [1.54, 1.807) is 11.0 Å². The maximum absolute atomic E-state index is 11.2. The maximum atomic E-state index is 11.2. The molecule has 1 aliphatic rings. The fraction of sp³-hybridized carbons (Fsp3) is 0.500. The van der Waals surface area contributed by atoms with Crippen LogP contribution in [0.4, 0.5) is 0 Å². The van der Waals surface area contributed by atoms with Gasteiger partial charge in [0.15, 0.2) is 0 Å². The summed E-state index contributed by atoms with van der Waals surface area (Å²) in [6, 6.07) is 8.31. The molecule has 0 aliphatic heterocycles. The monoisotopic (exact) mass is 349 g/mol. The summed E-state index contributed by atoms with van der Waals surface area (Å²) in [5, 5.41) is 15.3. The largest absolute Gasteiger partial charge is 0.387 e. The van der Waals surface area contributed by atoms with E-state index in [2.05, 4.69) is 45.1 Å². The molecule has 1 aromatic heterocycles. The van der Waals surface area contributed by atoms with Crippen LogP contribution in [0.2, 0.25) is 0 Å². The van der Waals surface area contributed by atoms with Crippen LogP contribution >= 0.6 is 15.9 Å². The van der Waals surface area contributed by atoms with E-state index in [1.165, 1.54) is 11.9 Å². The molecule has 1 N–H and O–H groups in total. The first-order valence-corrected chi connectivity index (χ1v) is 8.09. The van der Waals surface area contributed by atoms with Gasteiger partial charge < -0.3 is 5.11 Å². The minimum atomic E-state index is -0.728. The topological polar surface area (TPSA) is 50.9 Å². The van der Waals surface area contributed by atoms with E-state index in [0.29, 0.717) is 6.54 Å². The van der Waals surface area contributed by atoms with Crippen LogP contribution in [0.5, 0.6) is 0 Å². The quantitative estimate of drug-likeness (QED) is 0.870. The molecule has 0 amide bonds. The second kappa shape index (κ2) is 5.54. The van der Waals surface area contributed by atoms with Crippen LogP contribution in [-0.4, -0.2) is 25.5 Å². The Morgan fingerprint density at radius 3 is 2.62 bits per heavy atom. The Kier molecular flexibility index (Phi) is 3.88. The minimum Gasteiger partial charge on any atom is -0.387 e. The second-order valence-electron chi connectivity index (χ2n) is 6.31. The Morgan fingerprint density at radius 2 is 2.05 bits per heavy atom. The highest BCUT2D eigenvalue weighted by molar-refractivity contribution is 9.10. The van der Waals surface area contributed by atoms with Gasteiger partial charge in [-0.1, -0.05) is 35.0 Å². The molecule has 1 aliphatic carbocycles. The fourth-order valence-electron chi connectivity index (χ4n) is 2.81. The van der Waals surface area contributed by atoms with Crippen LogP contribution in [0.1, 0.15) is 31.7 Å². The average Bonchev–Trinajstić information content (AvgIpc) is 3.03. The smallest absolute Gasteiger partial charge is 0.137 e. The molecular weight excluding hydrogens is 330 g/mol. The number of aliphatic hydroxyl groups is 1. The van der Waals surface area contributed by atoms with E-state index < -0.39 is 5.60 Å². The molecule has 1 saturated carbocycles. The van der Waals surface area contributed by atoms with Gasteiger partial charge in [0.1, 0.15) is 12.7 Å². The summed E-state index contributed by atoms with van der Waals surface area (Å²) < 4.78 is 2.82. The molecule has 4 nitrogen and oxygen atoms in total. The molecule has 2 aromatic rings. The second-order valence-corrected chi connectivity index (χ2v) is 7.23. The third-order valence-electron chi connectivity index (χ3n) is 4.75. The molecule has 1 aromatic carbocycles. The Labute approximate surface area is 133 Å². The van der Waals surface area contributed by atoms with Crippen molar-refractivity contribution in [2.24, 2.45) is 5.41 Å². The molecule has 0 saturated heterocycles. The predicted molar refractivity (Wildman–Crippen MR) is 84.8 cm³/mol. The number of hydrogen-bond donors (Lipinski definition) is 1. The average molecular weight is 350 g/mol. The number of nitrogens with zero attached hydrogens (tertiary/aromatic N) is 3. The molecule has 1 unspecified atom stereocenters. The van der Waals surface area contributed by atoms with E-state index in [0.717, 1.165) is 30.2 Å². The fourth-order valence-corrected chi connectivity index (χ4v) is 3.07. The van der Waals surface area contributed by atoms with E-state index >= 15 is 0 Å². The summed E-state index contributed by atoms with van der Waals surface area (Å²) in [4.78, 5) is 3.97. The zero-order valence-electron chi connectivity index (χ0n) is 12.2. The van der Waals surface area contributed by atoms with E-state index in [-0.39, 0.29) is 5.41 Å². The first kappa shape index (κ1) is 14.7. The van der Waals surface area contributed by atoms with Crippen molar-refractivity contribution >= 4 is 15.9 Å². The van der Waals surface area contributed by atoms with Crippen molar-refractivity contribution in [1.82, 2.24) is 14.8 Å². The first-order chi connectivity index (χ1) is 10.0. The molecule has 0 spiro atoms. The van der Waals surface area contributed by atoms with Gasteiger partial charge in [-0.05, 0) is 48.8 Å².